The molecule has 2 aliphatic heterocycles. The smallest absolute Gasteiger partial charge is 0.266 e. The Morgan fingerprint density at radius 1 is 1.12 bits per heavy atom. The second-order valence-electron chi connectivity index (χ2n) is 5.63. The molecule has 0 spiro atoms. The third-order valence-electron chi connectivity index (χ3n) is 3.89. The summed E-state index contributed by atoms with van der Waals surface area (Å²) in [6.07, 6.45) is 1.77. The standard InChI is InChI=1S/C18H11Cl2NO3S2/c19-12-3-1-10(5-13(12)20)7-16-17(22)21(18(25)26-16)8-11-2-4-14-15(6-11)24-9-23-14/h1-7H,8-9H2. The van der Waals surface area contributed by atoms with Crippen molar-refractivity contribution in [1.82, 2.24) is 4.90 Å². The quantitative estimate of drug-likeness (QED) is 0.505. The first kappa shape index (κ1) is 17.7. The van der Waals surface area contributed by atoms with Gasteiger partial charge in [-0.2, -0.15) is 0 Å². The number of rotatable bonds is 3. The summed E-state index contributed by atoms with van der Waals surface area (Å²) >= 11 is 18.6. The fourth-order valence-electron chi connectivity index (χ4n) is 2.61. The van der Waals surface area contributed by atoms with Crippen LogP contribution < -0.4 is 9.47 Å². The summed E-state index contributed by atoms with van der Waals surface area (Å²) in [5, 5.41) is 0.912. The maximum absolute atomic E-state index is 12.7. The number of halogens is 2. The average molecular weight is 424 g/mol. The van der Waals surface area contributed by atoms with Gasteiger partial charge < -0.3 is 9.47 Å². The summed E-state index contributed by atoms with van der Waals surface area (Å²) in [4.78, 5) is 14.9. The van der Waals surface area contributed by atoms with Crippen molar-refractivity contribution in [3.8, 4) is 11.5 Å². The highest BCUT2D eigenvalue weighted by molar-refractivity contribution is 8.26. The van der Waals surface area contributed by atoms with E-state index >= 15 is 0 Å². The number of nitrogens with zero attached hydrogens (tertiary/aromatic N) is 1. The minimum Gasteiger partial charge on any atom is -0.454 e. The molecule has 1 amide bonds. The van der Waals surface area contributed by atoms with Gasteiger partial charge in [-0.3, -0.25) is 9.69 Å². The number of amides is 1. The summed E-state index contributed by atoms with van der Waals surface area (Å²) in [6, 6.07) is 10.8. The highest BCUT2D eigenvalue weighted by Crippen LogP contribution is 2.36. The Morgan fingerprint density at radius 2 is 1.92 bits per heavy atom. The number of thiocarbonyl (C=S) groups is 1. The highest BCUT2D eigenvalue weighted by atomic mass is 35.5. The Labute approximate surface area is 169 Å². The van der Waals surface area contributed by atoms with E-state index in [0.29, 0.717) is 37.3 Å². The molecule has 2 heterocycles. The fourth-order valence-corrected chi connectivity index (χ4v) is 4.17. The van der Waals surface area contributed by atoms with Crippen LogP contribution in [0, 0.1) is 0 Å². The Balaban J connectivity index is 1.55. The zero-order valence-corrected chi connectivity index (χ0v) is 16.3. The van der Waals surface area contributed by atoms with Gasteiger partial charge in [-0.15, -0.1) is 0 Å². The maximum Gasteiger partial charge on any atom is 0.266 e. The summed E-state index contributed by atoms with van der Waals surface area (Å²) in [5.41, 5.74) is 1.71. The summed E-state index contributed by atoms with van der Waals surface area (Å²) in [7, 11) is 0. The number of ether oxygens (including phenoxy) is 2. The first-order valence-electron chi connectivity index (χ1n) is 7.60. The second kappa shape index (κ2) is 7.12. The third kappa shape index (κ3) is 3.42. The maximum atomic E-state index is 12.7. The number of fused-ring (bicyclic) bond motifs is 1. The van der Waals surface area contributed by atoms with Crippen molar-refractivity contribution in [3.63, 3.8) is 0 Å². The van der Waals surface area contributed by atoms with Crippen LogP contribution in [-0.2, 0) is 11.3 Å². The van der Waals surface area contributed by atoms with Crippen molar-refractivity contribution >= 4 is 63.5 Å². The molecule has 2 aromatic carbocycles. The molecule has 0 aromatic heterocycles. The molecule has 0 bridgehead atoms. The lowest BCUT2D eigenvalue weighted by molar-refractivity contribution is -0.122. The predicted octanol–water partition coefficient (Wildman–Crippen LogP) is 5.12. The zero-order chi connectivity index (χ0) is 18.3. The Morgan fingerprint density at radius 3 is 2.73 bits per heavy atom. The van der Waals surface area contributed by atoms with E-state index in [1.807, 2.05) is 18.2 Å². The van der Waals surface area contributed by atoms with Crippen LogP contribution in [0.25, 0.3) is 6.08 Å². The van der Waals surface area contributed by atoms with Crippen molar-refractivity contribution in [2.24, 2.45) is 0 Å². The predicted molar refractivity (Wildman–Crippen MR) is 108 cm³/mol. The first-order valence-corrected chi connectivity index (χ1v) is 9.58. The molecule has 1 fully saturated rings. The van der Waals surface area contributed by atoms with Crippen molar-refractivity contribution in [3.05, 3.63) is 62.5 Å². The molecule has 0 unspecified atom stereocenters. The Bertz CT molecular complexity index is 961. The normalized spacial score (nSPS) is 17.5. The van der Waals surface area contributed by atoms with Crippen molar-refractivity contribution < 1.29 is 14.3 Å². The van der Waals surface area contributed by atoms with Gasteiger partial charge in [0, 0.05) is 0 Å². The minimum atomic E-state index is -0.135. The number of hydrogen-bond acceptors (Lipinski definition) is 5. The van der Waals surface area contributed by atoms with Gasteiger partial charge in [0.2, 0.25) is 6.79 Å². The molecule has 0 atom stereocenters. The van der Waals surface area contributed by atoms with Gasteiger partial charge in [0.1, 0.15) is 4.32 Å². The van der Waals surface area contributed by atoms with Crippen LogP contribution >= 0.6 is 47.2 Å². The van der Waals surface area contributed by atoms with Crippen LogP contribution in [0.4, 0.5) is 0 Å². The van der Waals surface area contributed by atoms with E-state index in [4.69, 9.17) is 44.9 Å². The molecular weight excluding hydrogens is 413 g/mol. The molecule has 4 rings (SSSR count). The van der Waals surface area contributed by atoms with Crippen molar-refractivity contribution in [1.29, 1.82) is 0 Å². The largest absolute Gasteiger partial charge is 0.454 e. The average Bonchev–Trinajstić information content (AvgIpc) is 3.18. The summed E-state index contributed by atoms with van der Waals surface area (Å²) in [6.45, 7) is 0.590. The Hall–Kier alpha value is -1.73. The van der Waals surface area contributed by atoms with Crippen LogP contribution in [0.3, 0.4) is 0 Å². The van der Waals surface area contributed by atoms with Crippen LogP contribution in [0.2, 0.25) is 10.0 Å². The number of hydrogen-bond donors (Lipinski definition) is 0. The van der Waals surface area contributed by atoms with Gasteiger partial charge in [-0.1, -0.05) is 59.3 Å². The second-order valence-corrected chi connectivity index (χ2v) is 8.12. The Kier molecular flexibility index (Phi) is 4.84. The fraction of sp³-hybridized carbons (Fsp3) is 0.111. The third-order valence-corrected chi connectivity index (χ3v) is 6.01. The van der Waals surface area contributed by atoms with Crippen molar-refractivity contribution in [2.45, 2.75) is 6.54 Å². The van der Waals surface area contributed by atoms with Crippen LogP contribution in [-0.4, -0.2) is 21.9 Å². The molecule has 0 N–H and O–H groups in total. The van der Waals surface area contributed by atoms with Crippen molar-refractivity contribution in [2.75, 3.05) is 6.79 Å². The van der Waals surface area contributed by atoms with Crippen LogP contribution in [0.15, 0.2) is 41.3 Å². The van der Waals surface area contributed by atoms with E-state index in [2.05, 4.69) is 0 Å². The van der Waals surface area contributed by atoms with E-state index in [-0.39, 0.29) is 12.7 Å². The molecule has 2 aliphatic rings. The molecule has 1 saturated heterocycles. The summed E-state index contributed by atoms with van der Waals surface area (Å²) < 4.78 is 11.2. The minimum absolute atomic E-state index is 0.135. The molecule has 132 valence electrons. The van der Waals surface area contributed by atoms with E-state index < -0.39 is 0 Å². The van der Waals surface area contributed by atoms with E-state index in [0.717, 1.165) is 11.1 Å². The molecule has 0 radical (unpaired) electrons. The molecule has 8 heteroatoms. The number of carbonyl (C=O) groups excluding carboxylic acids is 1. The van der Waals surface area contributed by atoms with Crippen LogP contribution in [0.5, 0.6) is 11.5 Å². The number of carbonyl (C=O) groups is 1. The van der Waals surface area contributed by atoms with E-state index in [1.54, 1.807) is 29.2 Å². The van der Waals surface area contributed by atoms with Gasteiger partial charge in [0.25, 0.3) is 5.91 Å². The SMILES string of the molecule is O=C1C(=Cc2ccc(Cl)c(Cl)c2)SC(=S)N1Cc1ccc2c(c1)OCO2. The lowest BCUT2D eigenvalue weighted by Gasteiger charge is -2.14. The van der Waals surface area contributed by atoms with Gasteiger partial charge in [-0.25, -0.2) is 0 Å². The van der Waals surface area contributed by atoms with Gasteiger partial charge in [-0.05, 0) is 41.5 Å². The molecule has 26 heavy (non-hydrogen) atoms. The summed E-state index contributed by atoms with van der Waals surface area (Å²) in [5.74, 6) is 1.25. The molecular formula is C18H11Cl2NO3S2. The first-order chi connectivity index (χ1) is 12.5. The monoisotopic (exact) mass is 423 g/mol. The number of benzene rings is 2. The molecule has 0 saturated carbocycles. The number of thioether (sulfide) groups is 1. The van der Waals surface area contributed by atoms with Gasteiger partial charge >= 0.3 is 0 Å². The van der Waals surface area contributed by atoms with Crippen LogP contribution in [0.1, 0.15) is 11.1 Å². The lowest BCUT2D eigenvalue weighted by atomic mass is 10.2. The van der Waals surface area contributed by atoms with E-state index in [9.17, 15) is 4.79 Å². The van der Waals surface area contributed by atoms with Gasteiger partial charge in [0.05, 0.1) is 21.5 Å². The van der Waals surface area contributed by atoms with E-state index in [1.165, 1.54) is 11.8 Å². The molecule has 2 aromatic rings. The zero-order valence-electron chi connectivity index (χ0n) is 13.2. The highest BCUT2D eigenvalue weighted by Gasteiger charge is 2.32. The molecule has 4 nitrogen and oxygen atoms in total. The lowest BCUT2D eigenvalue weighted by Crippen LogP contribution is -2.27. The molecule has 0 aliphatic carbocycles. The topological polar surface area (TPSA) is 38.8 Å². The van der Waals surface area contributed by atoms with Gasteiger partial charge in [0.15, 0.2) is 11.5 Å².